The lowest BCUT2D eigenvalue weighted by molar-refractivity contribution is -0.118. The van der Waals surface area contributed by atoms with Crippen molar-refractivity contribution in [1.82, 2.24) is 9.62 Å². The van der Waals surface area contributed by atoms with Crippen molar-refractivity contribution in [2.24, 2.45) is 11.7 Å². The molecule has 162 valence electrons. The van der Waals surface area contributed by atoms with Crippen molar-refractivity contribution in [3.05, 3.63) is 24.3 Å². The van der Waals surface area contributed by atoms with Gasteiger partial charge in [0.05, 0.1) is 4.90 Å². The minimum atomic E-state index is -3.61. The van der Waals surface area contributed by atoms with E-state index in [0.717, 1.165) is 19.3 Å². The molecule has 0 aromatic heterocycles. The number of nitrogens with one attached hydrogen (secondary N) is 2. The lowest BCUT2D eigenvalue weighted by Crippen LogP contribution is -2.47. The highest BCUT2D eigenvalue weighted by Gasteiger charge is 2.35. The van der Waals surface area contributed by atoms with Crippen LogP contribution in [-0.2, 0) is 14.8 Å². The van der Waals surface area contributed by atoms with Gasteiger partial charge >= 0.3 is 6.03 Å². The van der Waals surface area contributed by atoms with Crippen LogP contribution in [0.4, 0.5) is 10.5 Å². The molecule has 3 atom stereocenters. The van der Waals surface area contributed by atoms with Crippen molar-refractivity contribution in [3.8, 4) is 0 Å². The highest BCUT2D eigenvalue weighted by molar-refractivity contribution is 7.89. The first-order valence-corrected chi connectivity index (χ1v) is 11.5. The van der Waals surface area contributed by atoms with E-state index in [4.69, 9.17) is 5.73 Å². The number of piperidine rings is 1. The van der Waals surface area contributed by atoms with E-state index in [-0.39, 0.29) is 22.9 Å². The van der Waals surface area contributed by atoms with Gasteiger partial charge in [0.15, 0.2) is 0 Å². The highest BCUT2D eigenvalue weighted by Crippen LogP contribution is 2.30. The molecule has 0 spiro atoms. The zero-order valence-corrected chi connectivity index (χ0v) is 18.3. The van der Waals surface area contributed by atoms with E-state index >= 15 is 0 Å². The SMILES string of the molecule is CC(C)C[C@@H](NC(N)=O)C(=O)Nc1ccc(S(=O)(=O)N2[C@H](C)CCC[C@@H]2C)cc1. The summed E-state index contributed by atoms with van der Waals surface area (Å²) in [5, 5.41) is 5.15. The summed E-state index contributed by atoms with van der Waals surface area (Å²) >= 11 is 0. The van der Waals surface area contributed by atoms with Gasteiger partial charge in [0, 0.05) is 17.8 Å². The average molecular weight is 425 g/mol. The fraction of sp³-hybridized carbons (Fsp3) is 0.600. The number of nitrogens with zero attached hydrogens (tertiary/aromatic N) is 1. The van der Waals surface area contributed by atoms with Crippen molar-refractivity contribution < 1.29 is 18.0 Å². The predicted molar refractivity (Wildman–Crippen MR) is 113 cm³/mol. The van der Waals surface area contributed by atoms with Crippen molar-refractivity contribution in [2.75, 3.05) is 5.32 Å². The topological polar surface area (TPSA) is 122 Å². The molecule has 4 N–H and O–H groups in total. The van der Waals surface area contributed by atoms with Gasteiger partial charge in [-0.2, -0.15) is 4.31 Å². The zero-order chi connectivity index (χ0) is 21.8. The van der Waals surface area contributed by atoms with E-state index in [9.17, 15) is 18.0 Å². The van der Waals surface area contributed by atoms with Crippen LogP contribution < -0.4 is 16.4 Å². The Morgan fingerprint density at radius 1 is 1.14 bits per heavy atom. The normalized spacial score (nSPS) is 21.6. The molecule has 1 aliphatic rings. The van der Waals surface area contributed by atoms with Crippen LogP contribution >= 0.6 is 0 Å². The molecule has 0 unspecified atom stereocenters. The number of amides is 3. The van der Waals surface area contributed by atoms with Crippen molar-refractivity contribution in [1.29, 1.82) is 0 Å². The number of carbonyl (C=O) groups excluding carboxylic acids is 2. The Morgan fingerprint density at radius 3 is 2.17 bits per heavy atom. The summed E-state index contributed by atoms with van der Waals surface area (Å²) in [5.74, 6) is -0.218. The molecule has 29 heavy (non-hydrogen) atoms. The monoisotopic (exact) mass is 424 g/mol. The minimum absolute atomic E-state index is 0.0419. The van der Waals surface area contributed by atoms with Gasteiger partial charge < -0.3 is 16.4 Å². The average Bonchev–Trinajstić information content (AvgIpc) is 2.60. The van der Waals surface area contributed by atoms with Gasteiger partial charge in [0.1, 0.15) is 6.04 Å². The van der Waals surface area contributed by atoms with Crippen molar-refractivity contribution in [2.45, 2.75) is 76.4 Å². The number of nitrogens with two attached hydrogens (primary N) is 1. The third-order valence-electron chi connectivity index (χ3n) is 5.15. The summed E-state index contributed by atoms with van der Waals surface area (Å²) < 4.78 is 27.7. The summed E-state index contributed by atoms with van der Waals surface area (Å²) in [4.78, 5) is 23.9. The quantitative estimate of drug-likeness (QED) is 0.623. The standard InChI is InChI=1S/C20H32N4O4S/c1-13(2)12-18(23-20(21)26)19(25)22-16-8-10-17(11-9-16)29(27,28)24-14(3)6-5-7-15(24)4/h8-11,13-15,18H,5-7,12H2,1-4H3,(H,22,25)(H3,21,23,26)/t14-,15+,18-/m1/s1. The molecule has 2 rings (SSSR count). The summed E-state index contributed by atoms with van der Waals surface area (Å²) in [6, 6.07) is 4.50. The molecule has 1 heterocycles. The maximum absolute atomic E-state index is 13.1. The molecule has 8 nitrogen and oxygen atoms in total. The van der Waals surface area contributed by atoms with Crippen LogP contribution in [0, 0.1) is 5.92 Å². The Balaban J connectivity index is 2.14. The summed E-state index contributed by atoms with van der Waals surface area (Å²) in [6.07, 6.45) is 3.16. The third-order valence-corrected chi connectivity index (χ3v) is 7.29. The number of rotatable bonds is 7. The second-order valence-electron chi connectivity index (χ2n) is 8.17. The molecule has 3 amide bonds. The van der Waals surface area contributed by atoms with Crippen LogP contribution in [0.2, 0.25) is 0 Å². The molecule has 0 aliphatic carbocycles. The lowest BCUT2D eigenvalue weighted by atomic mass is 10.0. The second kappa shape index (κ2) is 9.58. The number of hydrogen-bond donors (Lipinski definition) is 3. The van der Waals surface area contributed by atoms with Gasteiger partial charge in [-0.1, -0.05) is 20.3 Å². The number of anilines is 1. The number of primary amides is 1. The number of urea groups is 1. The third kappa shape index (κ3) is 5.93. The van der Waals surface area contributed by atoms with Gasteiger partial charge in [-0.15, -0.1) is 0 Å². The number of sulfonamides is 1. The Kier molecular flexibility index (Phi) is 7.65. The molecule has 1 aromatic carbocycles. The first kappa shape index (κ1) is 23.2. The predicted octanol–water partition coefficient (Wildman–Crippen LogP) is 2.66. The molecule has 0 saturated carbocycles. The minimum Gasteiger partial charge on any atom is -0.352 e. The smallest absolute Gasteiger partial charge is 0.312 e. The molecular weight excluding hydrogens is 392 g/mol. The number of carbonyl (C=O) groups is 2. The molecule has 1 saturated heterocycles. The largest absolute Gasteiger partial charge is 0.352 e. The van der Waals surface area contributed by atoms with Gasteiger partial charge in [-0.3, -0.25) is 4.79 Å². The fourth-order valence-electron chi connectivity index (χ4n) is 3.81. The molecule has 0 bridgehead atoms. The first-order chi connectivity index (χ1) is 13.5. The van der Waals surface area contributed by atoms with Crippen LogP contribution in [0.3, 0.4) is 0 Å². The van der Waals surface area contributed by atoms with Crippen LogP contribution in [-0.4, -0.2) is 42.8 Å². The van der Waals surface area contributed by atoms with E-state index in [2.05, 4.69) is 10.6 Å². The maximum Gasteiger partial charge on any atom is 0.312 e. The van der Waals surface area contributed by atoms with Gasteiger partial charge in [-0.25, -0.2) is 13.2 Å². The summed E-state index contributed by atoms with van der Waals surface area (Å²) in [5.41, 5.74) is 5.61. The maximum atomic E-state index is 13.1. The van der Waals surface area contributed by atoms with E-state index in [1.807, 2.05) is 27.7 Å². The molecular formula is C20H32N4O4S. The van der Waals surface area contributed by atoms with Crippen LogP contribution in [0.25, 0.3) is 0 Å². The number of hydrogen-bond acceptors (Lipinski definition) is 4. The van der Waals surface area contributed by atoms with Gasteiger partial charge in [0.25, 0.3) is 0 Å². The van der Waals surface area contributed by atoms with Crippen molar-refractivity contribution >= 4 is 27.6 Å². The molecule has 9 heteroatoms. The Bertz CT molecular complexity index is 813. The second-order valence-corrected chi connectivity index (χ2v) is 10.0. The van der Waals surface area contributed by atoms with Crippen LogP contribution in [0.1, 0.15) is 53.4 Å². The van der Waals surface area contributed by atoms with Crippen molar-refractivity contribution in [3.63, 3.8) is 0 Å². The fourth-order valence-corrected chi connectivity index (χ4v) is 5.69. The van der Waals surface area contributed by atoms with Crippen LogP contribution in [0.15, 0.2) is 29.2 Å². The van der Waals surface area contributed by atoms with E-state index in [1.165, 1.54) is 12.1 Å². The molecule has 1 aliphatic heterocycles. The molecule has 1 aromatic rings. The molecule has 1 fully saturated rings. The summed E-state index contributed by atoms with van der Waals surface area (Å²) in [7, 11) is -3.61. The Hall–Kier alpha value is -2.13. The molecule has 0 radical (unpaired) electrons. The first-order valence-electron chi connectivity index (χ1n) is 10.0. The highest BCUT2D eigenvalue weighted by atomic mass is 32.2. The van der Waals surface area contributed by atoms with Crippen LogP contribution in [0.5, 0.6) is 0 Å². The van der Waals surface area contributed by atoms with E-state index in [0.29, 0.717) is 12.1 Å². The van der Waals surface area contributed by atoms with Gasteiger partial charge in [-0.05, 0) is 63.3 Å². The summed E-state index contributed by atoms with van der Waals surface area (Å²) in [6.45, 7) is 7.74. The zero-order valence-electron chi connectivity index (χ0n) is 17.5. The van der Waals surface area contributed by atoms with Gasteiger partial charge in [0.2, 0.25) is 15.9 Å². The Morgan fingerprint density at radius 2 is 1.69 bits per heavy atom. The lowest BCUT2D eigenvalue weighted by Gasteiger charge is -2.37. The Labute approximate surface area is 173 Å². The van der Waals surface area contributed by atoms with E-state index in [1.54, 1.807) is 16.4 Å². The number of benzene rings is 1. The van der Waals surface area contributed by atoms with E-state index < -0.39 is 28.0 Å².